The molecule has 0 aromatic heterocycles. The van der Waals surface area contributed by atoms with Gasteiger partial charge >= 0.3 is 0 Å². The molecule has 1 aromatic rings. The molecule has 0 atom stereocenters. The molecule has 0 aliphatic heterocycles. The normalized spacial score (nSPS) is 26.3. The van der Waals surface area contributed by atoms with Crippen LogP contribution >= 0.6 is 0 Å². The molecule has 0 spiro atoms. The Morgan fingerprint density at radius 1 is 1.20 bits per heavy atom. The SMILES string of the molecule is CCNC1CCC(O)(c2c(OC)cccc2OC)CC1. The van der Waals surface area contributed by atoms with Gasteiger partial charge in [-0.15, -0.1) is 0 Å². The predicted molar refractivity (Wildman–Crippen MR) is 79.4 cm³/mol. The topological polar surface area (TPSA) is 50.7 Å². The van der Waals surface area contributed by atoms with Crippen molar-refractivity contribution in [3.05, 3.63) is 23.8 Å². The minimum absolute atomic E-state index is 0.501. The minimum Gasteiger partial charge on any atom is -0.496 e. The molecular weight excluding hydrogens is 254 g/mol. The van der Waals surface area contributed by atoms with Crippen LogP contribution in [0.1, 0.15) is 38.2 Å². The largest absolute Gasteiger partial charge is 0.496 e. The van der Waals surface area contributed by atoms with Crippen LogP contribution in [0.2, 0.25) is 0 Å². The van der Waals surface area contributed by atoms with Crippen LogP contribution in [0.4, 0.5) is 0 Å². The number of hydrogen-bond acceptors (Lipinski definition) is 4. The zero-order valence-electron chi connectivity index (χ0n) is 12.6. The molecule has 0 bridgehead atoms. The highest BCUT2D eigenvalue weighted by Gasteiger charge is 2.39. The lowest BCUT2D eigenvalue weighted by atomic mass is 9.77. The predicted octanol–water partition coefficient (Wildman–Crippen LogP) is 2.44. The van der Waals surface area contributed by atoms with Crippen molar-refractivity contribution >= 4 is 0 Å². The van der Waals surface area contributed by atoms with Crippen molar-refractivity contribution in [3.8, 4) is 11.5 Å². The zero-order valence-corrected chi connectivity index (χ0v) is 12.6. The molecular formula is C16H25NO3. The van der Waals surface area contributed by atoms with Crippen molar-refractivity contribution < 1.29 is 14.6 Å². The van der Waals surface area contributed by atoms with E-state index in [0.29, 0.717) is 17.5 Å². The monoisotopic (exact) mass is 279 g/mol. The van der Waals surface area contributed by atoms with Gasteiger partial charge in [0.15, 0.2) is 0 Å². The van der Waals surface area contributed by atoms with E-state index in [1.165, 1.54) is 0 Å². The fourth-order valence-electron chi connectivity index (χ4n) is 3.15. The van der Waals surface area contributed by atoms with E-state index in [1.54, 1.807) is 14.2 Å². The van der Waals surface area contributed by atoms with E-state index in [-0.39, 0.29) is 0 Å². The molecule has 2 N–H and O–H groups in total. The van der Waals surface area contributed by atoms with Crippen LogP contribution in [-0.4, -0.2) is 31.9 Å². The smallest absolute Gasteiger partial charge is 0.128 e. The number of aliphatic hydroxyl groups is 1. The third-order valence-electron chi connectivity index (χ3n) is 4.20. The first-order valence-corrected chi connectivity index (χ1v) is 7.32. The maximum absolute atomic E-state index is 11.1. The number of ether oxygens (including phenoxy) is 2. The van der Waals surface area contributed by atoms with Gasteiger partial charge in [0, 0.05) is 6.04 Å². The molecule has 1 fully saturated rings. The minimum atomic E-state index is -0.857. The molecule has 4 nitrogen and oxygen atoms in total. The van der Waals surface area contributed by atoms with Crippen LogP contribution in [0.5, 0.6) is 11.5 Å². The van der Waals surface area contributed by atoms with Crippen molar-refractivity contribution in [2.24, 2.45) is 0 Å². The second-order valence-corrected chi connectivity index (χ2v) is 5.40. The van der Waals surface area contributed by atoms with E-state index in [2.05, 4.69) is 12.2 Å². The Hall–Kier alpha value is -1.26. The average molecular weight is 279 g/mol. The second kappa shape index (κ2) is 6.46. The Morgan fingerprint density at radius 2 is 1.75 bits per heavy atom. The molecule has 1 saturated carbocycles. The number of nitrogens with one attached hydrogen (secondary N) is 1. The summed E-state index contributed by atoms with van der Waals surface area (Å²) in [6.07, 6.45) is 3.37. The van der Waals surface area contributed by atoms with E-state index < -0.39 is 5.60 Å². The van der Waals surface area contributed by atoms with Gasteiger partial charge in [-0.25, -0.2) is 0 Å². The summed E-state index contributed by atoms with van der Waals surface area (Å²) in [5, 5.41) is 14.5. The summed E-state index contributed by atoms with van der Waals surface area (Å²) >= 11 is 0. The van der Waals surface area contributed by atoms with Crippen LogP contribution in [-0.2, 0) is 5.60 Å². The van der Waals surface area contributed by atoms with Crippen molar-refractivity contribution in [2.45, 2.75) is 44.2 Å². The van der Waals surface area contributed by atoms with Gasteiger partial charge in [-0.05, 0) is 44.4 Å². The standard InChI is InChI=1S/C16H25NO3/c1-4-17-12-8-10-16(18,11-9-12)15-13(19-2)6-5-7-14(15)20-3/h5-7,12,17-18H,4,8-11H2,1-3H3. The van der Waals surface area contributed by atoms with E-state index >= 15 is 0 Å². The number of methoxy groups -OCH3 is 2. The van der Waals surface area contributed by atoms with Crippen LogP contribution in [0.3, 0.4) is 0 Å². The van der Waals surface area contributed by atoms with Gasteiger partial charge in [0.05, 0.1) is 25.4 Å². The molecule has 1 aromatic carbocycles. The molecule has 4 heteroatoms. The van der Waals surface area contributed by atoms with Gasteiger partial charge in [0.1, 0.15) is 11.5 Å². The molecule has 1 aliphatic rings. The number of rotatable bonds is 5. The molecule has 0 heterocycles. The van der Waals surface area contributed by atoms with Gasteiger partial charge in [-0.2, -0.15) is 0 Å². The van der Waals surface area contributed by atoms with Crippen LogP contribution in [0.25, 0.3) is 0 Å². The Morgan fingerprint density at radius 3 is 2.20 bits per heavy atom. The summed E-state index contributed by atoms with van der Waals surface area (Å²) in [5.74, 6) is 1.41. The molecule has 0 unspecified atom stereocenters. The molecule has 0 saturated heterocycles. The zero-order chi connectivity index (χ0) is 14.6. The summed E-state index contributed by atoms with van der Waals surface area (Å²) in [6, 6.07) is 6.15. The molecule has 1 aliphatic carbocycles. The van der Waals surface area contributed by atoms with Gasteiger partial charge in [-0.3, -0.25) is 0 Å². The first kappa shape index (κ1) is 15.1. The molecule has 0 amide bonds. The van der Waals surface area contributed by atoms with E-state index in [9.17, 15) is 5.11 Å². The lowest BCUT2D eigenvalue weighted by molar-refractivity contribution is -0.0118. The Bertz CT molecular complexity index is 417. The highest BCUT2D eigenvalue weighted by atomic mass is 16.5. The Labute approximate surface area is 121 Å². The van der Waals surface area contributed by atoms with Gasteiger partial charge in [-0.1, -0.05) is 13.0 Å². The Balaban J connectivity index is 2.27. The van der Waals surface area contributed by atoms with E-state index in [1.807, 2.05) is 18.2 Å². The summed E-state index contributed by atoms with van der Waals surface area (Å²) in [4.78, 5) is 0. The summed E-state index contributed by atoms with van der Waals surface area (Å²) in [7, 11) is 3.26. The third-order valence-corrected chi connectivity index (χ3v) is 4.20. The quantitative estimate of drug-likeness (QED) is 0.869. The van der Waals surface area contributed by atoms with Crippen LogP contribution in [0, 0.1) is 0 Å². The second-order valence-electron chi connectivity index (χ2n) is 5.40. The Kier molecular flexibility index (Phi) is 4.89. The number of benzene rings is 1. The van der Waals surface area contributed by atoms with Crippen molar-refractivity contribution in [1.82, 2.24) is 5.32 Å². The van der Waals surface area contributed by atoms with Crippen LogP contribution in [0.15, 0.2) is 18.2 Å². The maximum atomic E-state index is 11.1. The van der Waals surface area contributed by atoms with Crippen LogP contribution < -0.4 is 14.8 Å². The van der Waals surface area contributed by atoms with Gasteiger partial charge in [0.2, 0.25) is 0 Å². The van der Waals surface area contributed by atoms with Crippen molar-refractivity contribution in [1.29, 1.82) is 0 Å². The number of hydrogen-bond donors (Lipinski definition) is 2. The molecule has 112 valence electrons. The first-order valence-electron chi connectivity index (χ1n) is 7.32. The summed E-state index contributed by atoms with van der Waals surface area (Å²) in [5.41, 5.74) is -0.0657. The lowest BCUT2D eigenvalue weighted by Crippen LogP contribution is -2.40. The highest BCUT2D eigenvalue weighted by molar-refractivity contribution is 5.48. The van der Waals surface area contributed by atoms with Crippen molar-refractivity contribution in [2.75, 3.05) is 20.8 Å². The average Bonchev–Trinajstić information content (AvgIpc) is 2.49. The fraction of sp³-hybridized carbons (Fsp3) is 0.625. The van der Waals surface area contributed by atoms with Gasteiger partial charge in [0.25, 0.3) is 0 Å². The third kappa shape index (κ3) is 2.91. The molecule has 2 rings (SSSR count). The van der Waals surface area contributed by atoms with Gasteiger partial charge < -0.3 is 19.9 Å². The van der Waals surface area contributed by atoms with E-state index in [0.717, 1.165) is 37.8 Å². The maximum Gasteiger partial charge on any atom is 0.128 e. The fourth-order valence-corrected chi connectivity index (χ4v) is 3.15. The molecule has 20 heavy (non-hydrogen) atoms. The molecule has 0 radical (unpaired) electrons. The summed E-state index contributed by atoms with van der Waals surface area (Å²) < 4.78 is 10.8. The highest BCUT2D eigenvalue weighted by Crippen LogP contribution is 2.45. The first-order chi connectivity index (χ1) is 9.64. The lowest BCUT2D eigenvalue weighted by Gasteiger charge is -2.38. The summed E-state index contributed by atoms with van der Waals surface area (Å²) in [6.45, 7) is 3.09. The van der Waals surface area contributed by atoms with E-state index in [4.69, 9.17) is 9.47 Å². The van der Waals surface area contributed by atoms with Crippen molar-refractivity contribution in [3.63, 3.8) is 0 Å².